The highest BCUT2D eigenvalue weighted by atomic mass is 32.2. The first-order valence-electron chi connectivity index (χ1n) is 10.4. The Balaban J connectivity index is 2.23. The first-order chi connectivity index (χ1) is 16.6. The van der Waals surface area contributed by atoms with Crippen LogP contribution in [0.5, 0.6) is 28.7 Å². The van der Waals surface area contributed by atoms with E-state index in [2.05, 4.69) is 0 Å². The number of carboxylic acids is 1. The number of carbonyl (C=O) groups excluding carboxylic acids is 1. The Morgan fingerprint density at radius 1 is 0.857 bits per heavy atom. The predicted molar refractivity (Wildman–Crippen MR) is 128 cm³/mol. The Kier molecular flexibility index (Phi) is 9.95. The van der Waals surface area contributed by atoms with Gasteiger partial charge in [0, 0.05) is 30.4 Å². The molecule has 10 nitrogen and oxygen atoms in total. The number of methoxy groups -OCH3 is 4. The molecule has 2 aromatic rings. The van der Waals surface area contributed by atoms with Crippen LogP contribution in [0.4, 0.5) is 0 Å². The number of esters is 1. The molecule has 0 aliphatic rings. The standard InChI is InChI=1S/C24H28O10S/c1-30-17-13-20(32-3)18(21(14-17)33-4)10-11-35(28,29)15-16-8-9-19(31-2)22(12-16)34-24(27)7-5-6-23(25)26/h8-14H,5-7,15H2,1-4H3,(H,25,26). The average Bonchev–Trinajstić information content (AvgIpc) is 2.81. The second-order valence-corrected chi connectivity index (χ2v) is 9.15. The molecule has 0 atom stereocenters. The molecule has 0 radical (unpaired) electrons. The largest absolute Gasteiger partial charge is 0.496 e. The molecule has 1 N–H and O–H groups in total. The fourth-order valence-electron chi connectivity index (χ4n) is 3.10. The molecule has 0 aliphatic carbocycles. The van der Waals surface area contributed by atoms with E-state index in [0.717, 1.165) is 5.41 Å². The highest BCUT2D eigenvalue weighted by Crippen LogP contribution is 2.35. The van der Waals surface area contributed by atoms with Crippen LogP contribution in [-0.4, -0.2) is 53.9 Å². The average molecular weight is 509 g/mol. The summed E-state index contributed by atoms with van der Waals surface area (Å²) in [4.78, 5) is 22.7. The summed E-state index contributed by atoms with van der Waals surface area (Å²) in [6.07, 6.45) is 1.22. The minimum atomic E-state index is -3.76. The van der Waals surface area contributed by atoms with Crippen LogP contribution in [-0.2, 0) is 25.2 Å². The summed E-state index contributed by atoms with van der Waals surface area (Å²) in [7, 11) is 2.01. The van der Waals surface area contributed by atoms with Crippen LogP contribution in [0.25, 0.3) is 6.08 Å². The molecular weight excluding hydrogens is 480 g/mol. The maximum Gasteiger partial charge on any atom is 0.311 e. The van der Waals surface area contributed by atoms with Crippen LogP contribution in [0.3, 0.4) is 0 Å². The van der Waals surface area contributed by atoms with Crippen molar-refractivity contribution in [2.45, 2.75) is 25.0 Å². The summed E-state index contributed by atoms with van der Waals surface area (Å²) in [5.41, 5.74) is 0.780. The zero-order valence-corrected chi connectivity index (χ0v) is 20.7. The second kappa shape index (κ2) is 12.7. The van der Waals surface area contributed by atoms with Crippen molar-refractivity contribution in [3.05, 3.63) is 46.9 Å². The second-order valence-electron chi connectivity index (χ2n) is 7.26. The number of aliphatic carboxylic acids is 1. The SMILES string of the molecule is COc1cc(OC)c(C=CS(=O)(=O)Cc2ccc(OC)c(OC(=O)CCCC(=O)O)c2)c(OC)c1. The quantitative estimate of drug-likeness (QED) is 0.316. The molecule has 2 aromatic carbocycles. The van der Waals surface area contributed by atoms with Gasteiger partial charge in [-0.05, 0) is 30.2 Å². The smallest absolute Gasteiger partial charge is 0.311 e. The monoisotopic (exact) mass is 508 g/mol. The summed E-state index contributed by atoms with van der Waals surface area (Å²) >= 11 is 0. The lowest BCUT2D eigenvalue weighted by Crippen LogP contribution is -2.10. The van der Waals surface area contributed by atoms with Crippen LogP contribution in [0, 0.1) is 0 Å². The van der Waals surface area contributed by atoms with Crippen LogP contribution in [0.15, 0.2) is 35.7 Å². The minimum Gasteiger partial charge on any atom is -0.496 e. The highest BCUT2D eigenvalue weighted by Gasteiger charge is 2.16. The summed E-state index contributed by atoms with van der Waals surface area (Å²) < 4.78 is 51.9. The van der Waals surface area contributed by atoms with Crippen molar-refractivity contribution in [2.24, 2.45) is 0 Å². The number of carboxylic acid groups (broad SMARTS) is 1. The number of hydrogen-bond acceptors (Lipinski definition) is 9. The van der Waals surface area contributed by atoms with Gasteiger partial charge in [-0.2, -0.15) is 0 Å². The van der Waals surface area contributed by atoms with Gasteiger partial charge in [0.05, 0.1) is 39.8 Å². The zero-order valence-electron chi connectivity index (χ0n) is 19.9. The van der Waals surface area contributed by atoms with E-state index in [0.29, 0.717) is 28.4 Å². The van der Waals surface area contributed by atoms with Crippen molar-refractivity contribution < 1.29 is 46.8 Å². The Labute approximate surface area is 203 Å². The lowest BCUT2D eigenvalue weighted by molar-refractivity contribution is -0.137. The lowest BCUT2D eigenvalue weighted by atomic mass is 10.1. The van der Waals surface area contributed by atoms with Gasteiger partial charge in [-0.3, -0.25) is 9.59 Å². The lowest BCUT2D eigenvalue weighted by Gasteiger charge is -2.13. The normalized spacial score (nSPS) is 11.2. The Bertz CT molecular complexity index is 1160. The summed E-state index contributed by atoms with van der Waals surface area (Å²) in [6, 6.07) is 7.64. The molecule has 190 valence electrons. The number of rotatable bonds is 13. The van der Waals surface area contributed by atoms with Crippen LogP contribution in [0.2, 0.25) is 0 Å². The molecule has 0 aliphatic heterocycles. The van der Waals surface area contributed by atoms with E-state index in [-0.39, 0.29) is 36.5 Å². The zero-order chi connectivity index (χ0) is 26.0. The summed E-state index contributed by atoms with van der Waals surface area (Å²) in [5, 5.41) is 9.73. The molecule has 0 aromatic heterocycles. The molecule has 0 bridgehead atoms. The third-order valence-electron chi connectivity index (χ3n) is 4.79. The van der Waals surface area contributed by atoms with E-state index in [1.165, 1.54) is 46.6 Å². The molecule has 0 saturated carbocycles. The van der Waals surface area contributed by atoms with Gasteiger partial charge in [-0.1, -0.05) is 6.07 Å². The number of sulfone groups is 1. The van der Waals surface area contributed by atoms with E-state index in [1.807, 2.05) is 0 Å². The van der Waals surface area contributed by atoms with Crippen LogP contribution >= 0.6 is 0 Å². The van der Waals surface area contributed by atoms with Gasteiger partial charge in [0.15, 0.2) is 21.3 Å². The first-order valence-corrected chi connectivity index (χ1v) is 12.1. The molecule has 0 unspecified atom stereocenters. The maximum absolute atomic E-state index is 12.8. The van der Waals surface area contributed by atoms with E-state index < -0.39 is 21.8 Å². The topological polar surface area (TPSA) is 135 Å². The number of benzene rings is 2. The van der Waals surface area contributed by atoms with E-state index in [9.17, 15) is 18.0 Å². The van der Waals surface area contributed by atoms with Crippen molar-refractivity contribution in [2.75, 3.05) is 28.4 Å². The fraction of sp³-hybridized carbons (Fsp3) is 0.333. The van der Waals surface area contributed by atoms with E-state index >= 15 is 0 Å². The molecule has 0 spiro atoms. The van der Waals surface area contributed by atoms with Crippen LogP contribution < -0.4 is 23.7 Å². The van der Waals surface area contributed by atoms with Gasteiger partial charge in [-0.15, -0.1) is 0 Å². The molecule has 0 saturated heterocycles. The fourth-order valence-corrected chi connectivity index (χ4v) is 4.18. The molecule has 0 heterocycles. The molecule has 0 amide bonds. The maximum atomic E-state index is 12.8. The van der Waals surface area contributed by atoms with Gasteiger partial charge in [0.25, 0.3) is 0 Å². The minimum absolute atomic E-state index is 0.0444. The Hall–Kier alpha value is -3.73. The van der Waals surface area contributed by atoms with E-state index in [4.69, 9.17) is 28.8 Å². The third kappa shape index (κ3) is 8.21. The Morgan fingerprint density at radius 3 is 2.03 bits per heavy atom. The van der Waals surface area contributed by atoms with E-state index in [1.54, 1.807) is 18.2 Å². The Morgan fingerprint density at radius 2 is 1.49 bits per heavy atom. The van der Waals surface area contributed by atoms with Crippen molar-refractivity contribution in [3.63, 3.8) is 0 Å². The van der Waals surface area contributed by atoms with Crippen LogP contribution in [0.1, 0.15) is 30.4 Å². The molecule has 35 heavy (non-hydrogen) atoms. The molecule has 11 heteroatoms. The number of carbonyl (C=O) groups is 2. The number of hydrogen-bond donors (Lipinski definition) is 1. The van der Waals surface area contributed by atoms with Crippen molar-refractivity contribution in [1.82, 2.24) is 0 Å². The van der Waals surface area contributed by atoms with Crippen molar-refractivity contribution in [1.29, 1.82) is 0 Å². The van der Waals surface area contributed by atoms with Gasteiger partial charge in [0.2, 0.25) is 0 Å². The predicted octanol–water partition coefficient (Wildman–Crippen LogP) is 3.47. The van der Waals surface area contributed by atoms with Crippen molar-refractivity contribution in [3.8, 4) is 28.7 Å². The summed E-state index contributed by atoms with van der Waals surface area (Å²) in [5.74, 6) is -0.532. The number of ether oxygens (including phenoxy) is 5. The van der Waals surface area contributed by atoms with Gasteiger partial charge in [-0.25, -0.2) is 8.42 Å². The highest BCUT2D eigenvalue weighted by molar-refractivity contribution is 7.93. The van der Waals surface area contributed by atoms with Gasteiger partial charge >= 0.3 is 11.9 Å². The molecule has 2 rings (SSSR count). The van der Waals surface area contributed by atoms with Gasteiger partial charge < -0.3 is 28.8 Å². The first kappa shape index (κ1) is 27.5. The summed E-state index contributed by atoms with van der Waals surface area (Å²) in [6.45, 7) is 0. The van der Waals surface area contributed by atoms with Crippen molar-refractivity contribution >= 4 is 27.9 Å². The molecular formula is C24H28O10S. The molecule has 0 fully saturated rings. The third-order valence-corrected chi connectivity index (χ3v) is 6.07. The van der Waals surface area contributed by atoms with Gasteiger partial charge in [0.1, 0.15) is 17.2 Å².